The Labute approximate surface area is 119 Å². The second kappa shape index (κ2) is 5.59. The zero-order valence-corrected chi connectivity index (χ0v) is 12.1. The lowest BCUT2D eigenvalue weighted by Gasteiger charge is -2.28. The Morgan fingerprint density at radius 3 is 2.55 bits per heavy atom. The fourth-order valence-corrected chi connectivity index (χ4v) is 2.55. The first-order chi connectivity index (χ1) is 9.74. The monoisotopic (exact) mass is 268 g/mol. The maximum absolute atomic E-state index is 4.78. The van der Waals surface area contributed by atoms with E-state index in [1.54, 1.807) is 0 Å². The zero-order valence-electron chi connectivity index (χ0n) is 12.1. The van der Waals surface area contributed by atoms with Crippen LogP contribution in [0.25, 0.3) is 11.4 Å². The molecule has 3 rings (SSSR count). The maximum atomic E-state index is 4.78. The normalized spacial score (nSPS) is 15.4. The molecule has 0 radical (unpaired) electrons. The van der Waals surface area contributed by atoms with E-state index in [1.807, 2.05) is 19.1 Å². The van der Waals surface area contributed by atoms with Crippen molar-refractivity contribution < 1.29 is 0 Å². The van der Waals surface area contributed by atoms with Crippen molar-refractivity contribution in [3.63, 3.8) is 0 Å². The van der Waals surface area contributed by atoms with Crippen molar-refractivity contribution in [2.75, 3.05) is 31.1 Å². The summed E-state index contributed by atoms with van der Waals surface area (Å²) in [5.74, 6) is 1.87. The van der Waals surface area contributed by atoms with Gasteiger partial charge in [0, 0.05) is 43.5 Å². The highest BCUT2D eigenvalue weighted by molar-refractivity contribution is 5.62. The molecule has 0 aliphatic carbocycles. The minimum atomic E-state index is 0.830. The van der Waals surface area contributed by atoms with Crippen LogP contribution in [0.4, 0.5) is 5.82 Å². The van der Waals surface area contributed by atoms with Gasteiger partial charge >= 0.3 is 0 Å². The van der Waals surface area contributed by atoms with E-state index in [9.17, 15) is 0 Å². The van der Waals surface area contributed by atoms with Crippen molar-refractivity contribution in [1.82, 2.24) is 15.3 Å². The molecule has 0 saturated carbocycles. The summed E-state index contributed by atoms with van der Waals surface area (Å²) >= 11 is 0. The third-order valence-electron chi connectivity index (χ3n) is 3.67. The molecule has 1 fully saturated rings. The third-order valence-corrected chi connectivity index (χ3v) is 3.67. The summed E-state index contributed by atoms with van der Waals surface area (Å²) in [6, 6.07) is 10.4. The SMILES string of the molecule is Cc1cc(N2CCNCC2)nc(-c2ccccc2C)n1. The molecule has 2 aromatic rings. The smallest absolute Gasteiger partial charge is 0.162 e. The van der Waals surface area contributed by atoms with Gasteiger partial charge in [-0.3, -0.25) is 0 Å². The summed E-state index contributed by atoms with van der Waals surface area (Å²) in [7, 11) is 0. The summed E-state index contributed by atoms with van der Waals surface area (Å²) < 4.78 is 0. The van der Waals surface area contributed by atoms with Crippen LogP contribution in [0.2, 0.25) is 0 Å². The Bertz CT molecular complexity index is 603. The van der Waals surface area contributed by atoms with E-state index in [0.717, 1.165) is 49.1 Å². The Morgan fingerprint density at radius 2 is 1.80 bits per heavy atom. The van der Waals surface area contributed by atoms with Crippen molar-refractivity contribution >= 4 is 5.82 Å². The molecule has 1 saturated heterocycles. The summed E-state index contributed by atoms with van der Waals surface area (Å²) in [6.07, 6.45) is 0. The summed E-state index contributed by atoms with van der Waals surface area (Å²) in [5.41, 5.74) is 3.35. The fourth-order valence-electron chi connectivity index (χ4n) is 2.55. The molecule has 1 aromatic carbocycles. The number of aromatic nitrogens is 2. The minimum absolute atomic E-state index is 0.830. The average molecular weight is 268 g/mol. The number of hydrogen-bond donors (Lipinski definition) is 1. The number of nitrogens with one attached hydrogen (secondary N) is 1. The van der Waals surface area contributed by atoms with Crippen molar-refractivity contribution in [2.45, 2.75) is 13.8 Å². The second-order valence-corrected chi connectivity index (χ2v) is 5.24. The first-order valence-corrected chi connectivity index (χ1v) is 7.11. The van der Waals surface area contributed by atoms with Crippen LogP contribution in [0.3, 0.4) is 0 Å². The van der Waals surface area contributed by atoms with E-state index in [4.69, 9.17) is 4.98 Å². The Hall–Kier alpha value is -1.94. The van der Waals surface area contributed by atoms with Crippen LogP contribution >= 0.6 is 0 Å². The van der Waals surface area contributed by atoms with Crippen molar-refractivity contribution in [3.05, 3.63) is 41.6 Å². The molecule has 4 nitrogen and oxygen atoms in total. The van der Waals surface area contributed by atoms with Gasteiger partial charge in [0.25, 0.3) is 0 Å². The van der Waals surface area contributed by atoms with E-state index in [2.05, 4.69) is 40.3 Å². The molecule has 0 unspecified atom stereocenters. The Morgan fingerprint density at radius 1 is 1.05 bits per heavy atom. The predicted octanol–water partition coefficient (Wildman–Crippen LogP) is 2.17. The van der Waals surface area contributed by atoms with Gasteiger partial charge in [-0.2, -0.15) is 0 Å². The molecule has 1 N–H and O–H groups in total. The minimum Gasteiger partial charge on any atom is -0.354 e. The molecule has 0 spiro atoms. The number of nitrogens with zero attached hydrogens (tertiary/aromatic N) is 3. The zero-order chi connectivity index (χ0) is 13.9. The lowest BCUT2D eigenvalue weighted by molar-refractivity contribution is 0.584. The van der Waals surface area contributed by atoms with Crippen LogP contribution in [0.1, 0.15) is 11.3 Å². The molecule has 0 atom stereocenters. The molecule has 0 amide bonds. The quantitative estimate of drug-likeness (QED) is 0.906. The van der Waals surface area contributed by atoms with Gasteiger partial charge < -0.3 is 10.2 Å². The molecular formula is C16H20N4. The van der Waals surface area contributed by atoms with Crippen molar-refractivity contribution in [2.24, 2.45) is 0 Å². The second-order valence-electron chi connectivity index (χ2n) is 5.24. The Balaban J connectivity index is 2.00. The molecular weight excluding hydrogens is 248 g/mol. The standard InChI is InChI=1S/C16H20N4/c1-12-5-3-4-6-14(12)16-18-13(2)11-15(19-16)20-9-7-17-8-10-20/h3-6,11,17H,7-10H2,1-2H3. The number of aryl methyl sites for hydroxylation is 2. The van der Waals surface area contributed by atoms with Crippen LogP contribution in [0.15, 0.2) is 30.3 Å². The molecule has 20 heavy (non-hydrogen) atoms. The third kappa shape index (κ3) is 2.65. The highest BCUT2D eigenvalue weighted by Crippen LogP contribution is 2.23. The molecule has 2 heterocycles. The Kier molecular flexibility index (Phi) is 3.65. The van der Waals surface area contributed by atoms with Gasteiger partial charge in [0.15, 0.2) is 5.82 Å². The van der Waals surface area contributed by atoms with Gasteiger partial charge in [-0.15, -0.1) is 0 Å². The molecule has 1 aliphatic rings. The van der Waals surface area contributed by atoms with Gasteiger partial charge in [-0.1, -0.05) is 24.3 Å². The van der Waals surface area contributed by atoms with Gasteiger partial charge in [0.2, 0.25) is 0 Å². The van der Waals surface area contributed by atoms with Gasteiger partial charge in [0.05, 0.1) is 0 Å². The van der Waals surface area contributed by atoms with E-state index in [0.29, 0.717) is 0 Å². The molecule has 1 aromatic heterocycles. The van der Waals surface area contributed by atoms with E-state index in [-0.39, 0.29) is 0 Å². The van der Waals surface area contributed by atoms with Crippen molar-refractivity contribution in [1.29, 1.82) is 0 Å². The van der Waals surface area contributed by atoms with E-state index >= 15 is 0 Å². The summed E-state index contributed by atoms with van der Waals surface area (Å²) in [5, 5.41) is 3.37. The molecule has 1 aliphatic heterocycles. The first-order valence-electron chi connectivity index (χ1n) is 7.11. The topological polar surface area (TPSA) is 41.0 Å². The van der Waals surface area contributed by atoms with Crippen LogP contribution in [0.5, 0.6) is 0 Å². The lowest BCUT2D eigenvalue weighted by atomic mass is 10.1. The van der Waals surface area contributed by atoms with Gasteiger partial charge in [-0.05, 0) is 19.4 Å². The van der Waals surface area contributed by atoms with Crippen LogP contribution in [-0.2, 0) is 0 Å². The lowest BCUT2D eigenvalue weighted by Crippen LogP contribution is -2.44. The summed E-state index contributed by atoms with van der Waals surface area (Å²) in [6.45, 7) is 8.18. The molecule has 4 heteroatoms. The largest absolute Gasteiger partial charge is 0.354 e. The average Bonchev–Trinajstić information content (AvgIpc) is 2.48. The van der Waals surface area contributed by atoms with E-state index < -0.39 is 0 Å². The van der Waals surface area contributed by atoms with Gasteiger partial charge in [-0.25, -0.2) is 9.97 Å². The van der Waals surface area contributed by atoms with E-state index in [1.165, 1.54) is 5.56 Å². The van der Waals surface area contributed by atoms with Crippen LogP contribution in [-0.4, -0.2) is 36.1 Å². The fraction of sp³-hybridized carbons (Fsp3) is 0.375. The molecule has 0 bridgehead atoms. The number of anilines is 1. The number of piperazine rings is 1. The van der Waals surface area contributed by atoms with Crippen molar-refractivity contribution in [3.8, 4) is 11.4 Å². The number of benzene rings is 1. The van der Waals surface area contributed by atoms with Crippen LogP contribution in [0, 0.1) is 13.8 Å². The highest BCUT2D eigenvalue weighted by Gasteiger charge is 2.14. The van der Waals surface area contributed by atoms with Crippen LogP contribution < -0.4 is 10.2 Å². The first kappa shape index (κ1) is 13.1. The predicted molar refractivity (Wildman–Crippen MR) is 82.0 cm³/mol. The maximum Gasteiger partial charge on any atom is 0.162 e. The number of rotatable bonds is 2. The molecule has 104 valence electrons. The number of hydrogen-bond acceptors (Lipinski definition) is 4. The highest BCUT2D eigenvalue weighted by atomic mass is 15.2. The van der Waals surface area contributed by atoms with Gasteiger partial charge in [0.1, 0.15) is 5.82 Å². The summed E-state index contributed by atoms with van der Waals surface area (Å²) in [4.78, 5) is 11.7.